The van der Waals surface area contributed by atoms with Crippen molar-refractivity contribution >= 4 is 40.8 Å². The summed E-state index contributed by atoms with van der Waals surface area (Å²) < 4.78 is 5.55. The third-order valence-electron chi connectivity index (χ3n) is 9.47. The van der Waals surface area contributed by atoms with Crippen LogP contribution < -0.4 is 11.1 Å². The molecule has 3 N–H and O–H groups in total. The number of carbonyl (C=O) groups is 4. The Morgan fingerprint density at radius 3 is 2.36 bits per heavy atom. The minimum Gasteiger partial charge on any atom is -0.381 e. The van der Waals surface area contributed by atoms with Crippen LogP contribution in [0, 0.1) is 12.8 Å². The summed E-state index contributed by atoms with van der Waals surface area (Å²) in [5.74, 6) is -2.22. The Morgan fingerprint density at radius 1 is 0.979 bits per heavy atom. The van der Waals surface area contributed by atoms with Crippen molar-refractivity contribution in [3.63, 3.8) is 0 Å². The number of fused-ring (bicyclic) bond motifs is 1. The van der Waals surface area contributed by atoms with E-state index in [9.17, 15) is 19.2 Å². The van der Waals surface area contributed by atoms with Gasteiger partial charge in [0.25, 0.3) is 0 Å². The second-order valence-corrected chi connectivity index (χ2v) is 12.9. The summed E-state index contributed by atoms with van der Waals surface area (Å²) in [6.07, 6.45) is 2.51. The highest BCUT2D eigenvalue weighted by Crippen LogP contribution is 2.41. The highest BCUT2D eigenvalue weighted by molar-refractivity contribution is 6.31. The number of likely N-dealkylation sites (tertiary alicyclic amines) is 1. The van der Waals surface area contributed by atoms with E-state index < -0.39 is 29.8 Å². The summed E-state index contributed by atoms with van der Waals surface area (Å²) in [5.41, 5.74) is 9.57. The number of rotatable bonds is 12. The average molecular weight is 659 g/mol. The van der Waals surface area contributed by atoms with E-state index in [2.05, 4.69) is 10.2 Å². The van der Waals surface area contributed by atoms with Crippen molar-refractivity contribution in [3.05, 3.63) is 100 Å². The molecule has 9 nitrogen and oxygen atoms in total. The Balaban J connectivity index is 1.49. The lowest BCUT2D eigenvalue weighted by atomic mass is 9.79. The summed E-state index contributed by atoms with van der Waals surface area (Å²) in [6, 6.07) is 20.0. The van der Waals surface area contributed by atoms with Gasteiger partial charge in [-0.1, -0.05) is 66.2 Å². The maximum Gasteiger partial charge on any atom is 0.240 e. The maximum absolute atomic E-state index is 14.4. The quantitative estimate of drug-likeness (QED) is 0.253. The summed E-state index contributed by atoms with van der Waals surface area (Å²) in [4.78, 5) is 58.4. The van der Waals surface area contributed by atoms with Crippen molar-refractivity contribution in [2.75, 3.05) is 32.1 Å². The number of primary amides is 1. The number of anilines is 1. The smallest absolute Gasteiger partial charge is 0.240 e. The molecule has 2 unspecified atom stereocenters. The molecule has 0 radical (unpaired) electrons. The summed E-state index contributed by atoms with van der Waals surface area (Å²) in [7, 11) is 1.73. The van der Waals surface area contributed by atoms with Crippen molar-refractivity contribution in [2.24, 2.45) is 11.7 Å². The van der Waals surface area contributed by atoms with Crippen molar-refractivity contribution in [2.45, 2.75) is 63.6 Å². The number of ketones is 1. The first-order valence-electron chi connectivity index (χ1n) is 16.2. The number of nitrogens with zero attached hydrogens (tertiary/aromatic N) is 2. The molecule has 0 aromatic heterocycles. The van der Waals surface area contributed by atoms with Crippen LogP contribution in [0.1, 0.15) is 65.2 Å². The molecule has 2 aliphatic rings. The average Bonchev–Trinajstić information content (AvgIpc) is 3.09. The second kappa shape index (κ2) is 15.7. The zero-order chi connectivity index (χ0) is 33.5. The van der Waals surface area contributed by atoms with Gasteiger partial charge in [0.2, 0.25) is 17.7 Å². The van der Waals surface area contributed by atoms with Crippen LogP contribution in [0.4, 0.5) is 5.69 Å². The lowest BCUT2D eigenvalue weighted by Gasteiger charge is -2.45. The Morgan fingerprint density at radius 2 is 1.68 bits per heavy atom. The van der Waals surface area contributed by atoms with E-state index in [1.807, 2.05) is 43.3 Å². The molecule has 3 atom stereocenters. The first-order chi connectivity index (χ1) is 22.7. The fourth-order valence-corrected chi connectivity index (χ4v) is 6.95. The van der Waals surface area contributed by atoms with E-state index in [0.717, 1.165) is 42.6 Å². The van der Waals surface area contributed by atoms with E-state index in [4.69, 9.17) is 22.1 Å². The molecule has 3 amide bonds. The predicted octanol–water partition coefficient (Wildman–Crippen LogP) is 5.35. The van der Waals surface area contributed by atoms with E-state index in [-0.39, 0.29) is 37.1 Å². The van der Waals surface area contributed by atoms with Gasteiger partial charge in [-0.05, 0) is 67.6 Å². The molecule has 0 saturated carbocycles. The predicted molar refractivity (Wildman–Crippen MR) is 182 cm³/mol. The Bertz CT molecular complexity index is 1590. The number of amides is 3. The fraction of sp³-hybridized carbons (Fsp3) is 0.405. The van der Waals surface area contributed by atoms with E-state index in [1.165, 1.54) is 4.90 Å². The van der Waals surface area contributed by atoms with Crippen LogP contribution in [0.5, 0.6) is 0 Å². The molecule has 248 valence electrons. The Labute approximate surface area is 281 Å². The molecular formula is C37H43ClN4O5. The number of carbonyl (C=O) groups excluding carboxylic acids is 4. The number of aryl methyl sites for hydroxylation is 1. The van der Waals surface area contributed by atoms with Gasteiger partial charge in [-0.2, -0.15) is 0 Å². The van der Waals surface area contributed by atoms with Gasteiger partial charge in [0.15, 0.2) is 5.78 Å². The van der Waals surface area contributed by atoms with Crippen molar-refractivity contribution < 1.29 is 23.9 Å². The zero-order valence-electron chi connectivity index (χ0n) is 27.0. The molecule has 3 aromatic carbocycles. The molecule has 0 bridgehead atoms. The van der Waals surface area contributed by atoms with E-state index in [1.54, 1.807) is 43.5 Å². The van der Waals surface area contributed by atoms with Gasteiger partial charge in [0.1, 0.15) is 6.04 Å². The number of nitrogens with two attached hydrogens (primary N) is 1. The molecule has 47 heavy (non-hydrogen) atoms. The topological polar surface area (TPSA) is 122 Å². The number of benzene rings is 3. The number of piperidine rings is 1. The third kappa shape index (κ3) is 8.27. The van der Waals surface area contributed by atoms with Gasteiger partial charge in [-0.3, -0.25) is 19.2 Å². The van der Waals surface area contributed by atoms with Crippen LogP contribution in [0.3, 0.4) is 0 Å². The number of hydrogen-bond donors (Lipinski definition) is 2. The molecule has 1 saturated heterocycles. The highest BCUT2D eigenvalue weighted by atomic mass is 35.5. The minimum atomic E-state index is -0.972. The van der Waals surface area contributed by atoms with Gasteiger partial charge < -0.3 is 25.6 Å². The molecule has 0 aliphatic carbocycles. The van der Waals surface area contributed by atoms with Crippen LogP contribution in [-0.2, 0) is 25.5 Å². The van der Waals surface area contributed by atoms with Crippen molar-refractivity contribution in [1.29, 1.82) is 0 Å². The van der Waals surface area contributed by atoms with Gasteiger partial charge in [0.05, 0.1) is 18.1 Å². The van der Waals surface area contributed by atoms with Gasteiger partial charge in [-0.15, -0.1) is 0 Å². The number of halogens is 1. The van der Waals surface area contributed by atoms with Crippen molar-refractivity contribution in [3.8, 4) is 0 Å². The van der Waals surface area contributed by atoms with Crippen LogP contribution in [0.15, 0.2) is 72.8 Å². The number of methoxy groups -OCH3 is 1. The largest absolute Gasteiger partial charge is 0.381 e. The van der Waals surface area contributed by atoms with Crippen LogP contribution in [0.2, 0.25) is 5.02 Å². The first kappa shape index (κ1) is 34.3. The van der Waals surface area contributed by atoms with Crippen LogP contribution in [-0.4, -0.2) is 72.2 Å². The second-order valence-electron chi connectivity index (χ2n) is 12.5. The third-order valence-corrected chi connectivity index (χ3v) is 9.89. The molecule has 2 heterocycles. The lowest BCUT2D eigenvalue weighted by Crippen LogP contribution is -2.56. The standard InChI is InChI=1S/C37H43ClN4O5/c1-24-22-27(12-13-31(24)38)40-37(46)30(18-21-41-19-16-28(47-2)17-20-41)35-29-11-7-6-10-26(29)23-32(36(39)45)42(35)34(44)15-14-33(43)25-8-4-3-5-9-25/h3-13,22,28,30,32,35H,14-21,23H2,1-2H3,(H2,39,45)(H,40,46)/t30-,32?,35?/m0/s1. The van der Waals surface area contributed by atoms with Gasteiger partial charge in [-0.25, -0.2) is 0 Å². The fourth-order valence-electron chi connectivity index (χ4n) is 6.83. The van der Waals surface area contributed by atoms with Crippen LogP contribution >= 0.6 is 11.6 Å². The highest BCUT2D eigenvalue weighted by Gasteiger charge is 2.45. The van der Waals surface area contributed by atoms with Gasteiger partial charge >= 0.3 is 0 Å². The van der Waals surface area contributed by atoms with Crippen molar-refractivity contribution in [1.82, 2.24) is 9.80 Å². The molecule has 10 heteroatoms. The summed E-state index contributed by atoms with van der Waals surface area (Å²) in [6.45, 7) is 4.14. The normalized spacial score (nSPS) is 19.1. The first-order valence-corrected chi connectivity index (χ1v) is 16.6. The zero-order valence-corrected chi connectivity index (χ0v) is 27.7. The molecule has 2 aliphatic heterocycles. The van der Waals surface area contributed by atoms with Gasteiger partial charge in [0, 0.05) is 55.7 Å². The minimum absolute atomic E-state index is 0.0332. The molecular weight excluding hydrogens is 616 g/mol. The Hall–Kier alpha value is -4.05. The maximum atomic E-state index is 14.4. The lowest BCUT2D eigenvalue weighted by molar-refractivity contribution is -0.146. The number of hydrogen-bond acceptors (Lipinski definition) is 6. The monoisotopic (exact) mass is 658 g/mol. The summed E-state index contributed by atoms with van der Waals surface area (Å²) >= 11 is 6.27. The molecule has 3 aromatic rings. The molecule has 0 spiro atoms. The molecule has 5 rings (SSSR count). The van der Waals surface area contributed by atoms with E-state index >= 15 is 0 Å². The SMILES string of the molecule is COC1CCN(CC[C@H](C(=O)Nc2ccc(Cl)c(C)c2)C2c3ccccc3CC(C(N)=O)N2C(=O)CCC(=O)c2ccccc2)CC1. The van der Waals surface area contributed by atoms with Crippen LogP contribution in [0.25, 0.3) is 0 Å². The number of Topliss-reactive ketones (excluding diaryl/α,β-unsaturated/α-hetero) is 1. The van der Waals surface area contributed by atoms with E-state index in [0.29, 0.717) is 29.2 Å². The number of nitrogens with one attached hydrogen (secondary N) is 1. The molecule has 1 fully saturated rings. The number of ether oxygens (including phenoxy) is 1. The Kier molecular flexibility index (Phi) is 11.4. The summed E-state index contributed by atoms with van der Waals surface area (Å²) in [5, 5.41) is 3.66.